The highest BCUT2D eigenvalue weighted by Crippen LogP contribution is 2.16. The van der Waals surface area contributed by atoms with Crippen molar-refractivity contribution in [2.45, 2.75) is 32.6 Å². The molecule has 0 bridgehead atoms. The zero-order chi connectivity index (χ0) is 9.68. The molecular weight excluding hydrogens is 186 g/mol. The van der Waals surface area contributed by atoms with Gasteiger partial charge in [-0.3, -0.25) is 4.79 Å². The van der Waals surface area contributed by atoms with Crippen molar-refractivity contribution in [3.05, 3.63) is 0 Å². The average molecular weight is 204 g/mol. The van der Waals surface area contributed by atoms with E-state index in [1.54, 1.807) is 0 Å². The fourth-order valence-corrected chi connectivity index (χ4v) is 1.93. The normalized spacial score (nSPS) is 23.2. The smallest absolute Gasteiger partial charge is 0.222 e. The van der Waals surface area contributed by atoms with Gasteiger partial charge >= 0.3 is 0 Å². The number of likely N-dealkylation sites (tertiary alicyclic amines) is 1. The summed E-state index contributed by atoms with van der Waals surface area (Å²) in [6, 6.07) is 0. The van der Waals surface area contributed by atoms with E-state index >= 15 is 0 Å². The molecule has 1 rings (SSSR count). The number of carbonyl (C=O) groups excluding carboxylic acids is 1. The maximum absolute atomic E-state index is 11.6. The van der Waals surface area contributed by atoms with E-state index in [1.807, 2.05) is 4.90 Å². The molecule has 1 amide bonds. The van der Waals surface area contributed by atoms with Crippen LogP contribution in [0.2, 0.25) is 0 Å². The van der Waals surface area contributed by atoms with Gasteiger partial charge < -0.3 is 4.90 Å². The standard InChI is InChI=1S/C10H18ClNO/c1-9-4-3-7-12(8-9)10(13)5-2-6-11/h9H,2-8H2,1H3/t9-/m1/s1. The predicted molar refractivity (Wildman–Crippen MR) is 54.9 cm³/mol. The number of hydrogen-bond donors (Lipinski definition) is 0. The van der Waals surface area contributed by atoms with Crippen LogP contribution in [-0.4, -0.2) is 29.8 Å². The fourth-order valence-electron chi connectivity index (χ4n) is 1.79. The summed E-state index contributed by atoms with van der Waals surface area (Å²) < 4.78 is 0. The SMILES string of the molecule is C[C@@H]1CCCN(C(=O)CCCCl)C1. The predicted octanol–water partition coefficient (Wildman–Crippen LogP) is 2.26. The minimum Gasteiger partial charge on any atom is -0.342 e. The third kappa shape index (κ3) is 3.55. The van der Waals surface area contributed by atoms with Crippen LogP contribution in [0, 0.1) is 5.92 Å². The Morgan fingerprint density at radius 3 is 3.00 bits per heavy atom. The van der Waals surface area contributed by atoms with Crippen LogP contribution in [0.15, 0.2) is 0 Å². The van der Waals surface area contributed by atoms with Crippen LogP contribution >= 0.6 is 11.6 Å². The lowest BCUT2D eigenvalue weighted by Crippen LogP contribution is -2.38. The van der Waals surface area contributed by atoms with Gasteiger partial charge in [0.25, 0.3) is 0 Å². The van der Waals surface area contributed by atoms with Gasteiger partial charge in [0.2, 0.25) is 5.91 Å². The van der Waals surface area contributed by atoms with Gasteiger partial charge in [0.15, 0.2) is 0 Å². The maximum atomic E-state index is 11.6. The Hall–Kier alpha value is -0.240. The van der Waals surface area contributed by atoms with Crippen LogP contribution in [-0.2, 0) is 4.79 Å². The molecule has 1 saturated heterocycles. The summed E-state index contributed by atoms with van der Waals surface area (Å²) in [4.78, 5) is 13.6. The summed E-state index contributed by atoms with van der Waals surface area (Å²) in [6.45, 7) is 4.10. The molecule has 1 aliphatic heterocycles. The Morgan fingerprint density at radius 2 is 2.38 bits per heavy atom. The number of alkyl halides is 1. The highest BCUT2D eigenvalue weighted by atomic mass is 35.5. The number of piperidine rings is 1. The molecule has 1 aliphatic rings. The Balaban J connectivity index is 2.28. The summed E-state index contributed by atoms with van der Waals surface area (Å²) in [6.07, 6.45) is 3.86. The van der Waals surface area contributed by atoms with E-state index in [4.69, 9.17) is 11.6 Å². The number of amides is 1. The molecule has 0 aromatic heterocycles. The van der Waals surface area contributed by atoms with Crippen molar-refractivity contribution in [3.63, 3.8) is 0 Å². The van der Waals surface area contributed by atoms with Crippen LogP contribution < -0.4 is 0 Å². The largest absolute Gasteiger partial charge is 0.342 e. The van der Waals surface area contributed by atoms with E-state index in [1.165, 1.54) is 6.42 Å². The number of halogens is 1. The van der Waals surface area contributed by atoms with E-state index in [-0.39, 0.29) is 5.91 Å². The first-order valence-corrected chi connectivity index (χ1v) is 5.61. The first-order valence-electron chi connectivity index (χ1n) is 5.07. The topological polar surface area (TPSA) is 20.3 Å². The van der Waals surface area contributed by atoms with Gasteiger partial charge in [-0.05, 0) is 25.2 Å². The maximum Gasteiger partial charge on any atom is 0.222 e. The summed E-state index contributed by atoms with van der Waals surface area (Å²) in [5.41, 5.74) is 0. The van der Waals surface area contributed by atoms with Crippen molar-refractivity contribution in [2.24, 2.45) is 5.92 Å². The minimum atomic E-state index is 0.284. The average Bonchev–Trinajstić information content (AvgIpc) is 2.14. The molecule has 0 aromatic rings. The van der Waals surface area contributed by atoms with Crippen molar-refractivity contribution in [2.75, 3.05) is 19.0 Å². The minimum absolute atomic E-state index is 0.284. The fraction of sp³-hybridized carbons (Fsp3) is 0.900. The lowest BCUT2D eigenvalue weighted by molar-refractivity contribution is -0.132. The number of rotatable bonds is 3. The molecule has 0 N–H and O–H groups in total. The second-order valence-electron chi connectivity index (χ2n) is 3.88. The summed E-state index contributed by atoms with van der Waals surface area (Å²) in [7, 11) is 0. The van der Waals surface area contributed by atoms with Crippen LogP contribution in [0.4, 0.5) is 0 Å². The Bertz CT molecular complexity index is 172. The number of hydrogen-bond acceptors (Lipinski definition) is 1. The molecule has 0 aliphatic carbocycles. The van der Waals surface area contributed by atoms with E-state index in [9.17, 15) is 4.79 Å². The molecule has 0 saturated carbocycles. The van der Waals surface area contributed by atoms with E-state index in [0.717, 1.165) is 25.9 Å². The molecule has 2 nitrogen and oxygen atoms in total. The van der Waals surface area contributed by atoms with Crippen molar-refractivity contribution >= 4 is 17.5 Å². The van der Waals surface area contributed by atoms with E-state index in [0.29, 0.717) is 18.2 Å². The highest BCUT2D eigenvalue weighted by Gasteiger charge is 2.19. The van der Waals surface area contributed by atoms with Gasteiger partial charge in [-0.2, -0.15) is 0 Å². The van der Waals surface area contributed by atoms with Gasteiger partial charge in [-0.15, -0.1) is 11.6 Å². The molecule has 13 heavy (non-hydrogen) atoms. The first-order chi connectivity index (χ1) is 6.24. The van der Waals surface area contributed by atoms with Crippen LogP contribution in [0.1, 0.15) is 32.6 Å². The quantitative estimate of drug-likeness (QED) is 0.645. The summed E-state index contributed by atoms with van der Waals surface area (Å²) >= 11 is 5.54. The zero-order valence-electron chi connectivity index (χ0n) is 8.26. The van der Waals surface area contributed by atoms with Crippen LogP contribution in [0.5, 0.6) is 0 Å². The van der Waals surface area contributed by atoms with Gasteiger partial charge in [-0.1, -0.05) is 6.92 Å². The van der Waals surface area contributed by atoms with Gasteiger partial charge in [0.1, 0.15) is 0 Å². The number of carbonyl (C=O) groups is 1. The van der Waals surface area contributed by atoms with E-state index in [2.05, 4.69) is 6.92 Å². The lowest BCUT2D eigenvalue weighted by Gasteiger charge is -2.30. The summed E-state index contributed by atoms with van der Waals surface area (Å²) in [5.74, 6) is 1.55. The third-order valence-corrected chi connectivity index (χ3v) is 2.80. The molecule has 0 aromatic carbocycles. The molecule has 1 fully saturated rings. The molecule has 76 valence electrons. The molecule has 1 atom stereocenters. The van der Waals surface area contributed by atoms with Crippen LogP contribution in [0.3, 0.4) is 0 Å². The second-order valence-corrected chi connectivity index (χ2v) is 4.26. The lowest BCUT2D eigenvalue weighted by atomic mass is 10.00. The first kappa shape index (κ1) is 10.8. The molecule has 0 spiro atoms. The Labute approximate surface area is 85.2 Å². The van der Waals surface area contributed by atoms with Crippen molar-refractivity contribution in [1.29, 1.82) is 0 Å². The molecule has 0 radical (unpaired) electrons. The van der Waals surface area contributed by atoms with Crippen molar-refractivity contribution < 1.29 is 4.79 Å². The zero-order valence-corrected chi connectivity index (χ0v) is 9.02. The van der Waals surface area contributed by atoms with Gasteiger partial charge in [0.05, 0.1) is 0 Å². The second kappa shape index (κ2) is 5.48. The molecule has 3 heteroatoms. The Morgan fingerprint density at radius 1 is 1.62 bits per heavy atom. The third-order valence-electron chi connectivity index (χ3n) is 2.53. The van der Waals surface area contributed by atoms with Gasteiger partial charge in [0, 0.05) is 25.4 Å². The highest BCUT2D eigenvalue weighted by molar-refractivity contribution is 6.17. The van der Waals surface area contributed by atoms with Gasteiger partial charge in [-0.25, -0.2) is 0 Å². The monoisotopic (exact) mass is 203 g/mol. The molecule has 0 unspecified atom stereocenters. The van der Waals surface area contributed by atoms with E-state index < -0.39 is 0 Å². The molecule has 1 heterocycles. The van der Waals surface area contributed by atoms with Crippen molar-refractivity contribution in [1.82, 2.24) is 4.90 Å². The van der Waals surface area contributed by atoms with Crippen molar-refractivity contribution in [3.8, 4) is 0 Å². The van der Waals surface area contributed by atoms with Crippen LogP contribution in [0.25, 0.3) is 0 Å². The molecular formula is C10H18ClNO. The Kier molecular flexibility index (Phi) is 4.57. The summed E-state index contributed by atoms with van der Waals surface area (Å²) in [5, 5.41) is 0. The number of nitrogens with zero attached hydrogens (tertiary/aromatic N) is 1.